The Kier molecular flexibility index (Phi) is 3.87. The summed E-state index contributed by atoms with van der Waals surface area (Å²) in [5.41, 5.74) is 0.749. The molecular formula is C12H14BrNO4S. The molecule has 2 rings (SSSR count). The van der Waals surface area contributed by atoms with Crippen molar-refractivity contribution in [2.24, 2.45) is 0 Å². The van der Waals surface area contributed by atoms with Gasteiger partial charge in [0.05, 0.1) is 22.8 Å². The van der Waals surface area contributed by atoms with Crippen molar-refractivity contribution in [1.82, 2.24) is 0 Å². The summed E-state index contributed by atoms with van der Waals surface area (Å²) in [4.78, 5) is 13.1. The van der Waals surface area contributed by atoms with Crippen LogP contribution in [0.4, 0.5) is 5.69 Å². The Morgan fingerprint density at radius 2 is 2.16 bits per heavy atom. The number of carboxylic acids is 1. The lowest BCUT2D eigenvalue weighted by atomic mass is 10.1. The smallest absolute Gasteiger partial charge is 0.337 e. The van der Waals surface area contributed by atoms with Crippen molar-refractivity contribution in [3.8, 4) is 0 Å². The van der Waals surface area contributed by atoms with Gasteiger partial charge in [0.2, 0.25) is 0 Å². The van der Waals surface area contributed by atoms with Gasteiger partial charge in [-0.2, -0.15) is 0 Å². The predicted octanol–water partition coefficient (Wildman–Crippen LogP) is 1.77. The lowest BCUT2D eigenvalue weighted by molar-refractivity contribution is 0.0697. The minimum atomic E-state index is -3.02. The average Bonchev–Trinajstić information content (AvgIpc) is 2.27. The molecule has 0 aliphatic carbocycles. The van der Waals surface area contributed by atoms with Crippen molar-refractivity contribution in [3.63, 3.8) is 0 Å². The molecule has 104 valence electrons. The Morgan fingerprint density at radius 1 is 1.47 bits per heavy atom. The zero-order valence-corrected chi connectivity index (χ0v) is 12.7. The molecular weight excluding hydrogens is 334 g/mol. The number of sulfone groups is 1. The number of halogens is 1. The maximum Gasteiger partial charge on any atom is 0.337 e. The van der Waals surface area contributed by atoms with Crippen LogP contribution in [0.2, 0.25) is 0 Å². The van der Waals surface area contributed by atoms with Crippen LogP contribution < -0.4 is 4.90 Å². The SMILES string of the molecule is CC1CS(=O)(=O)CCN1c1cc(Br)ccc1C(=O)O. The minimum Gasteiger partial charge on any atom is -0.478 e. The van der Waals surface area contributed by atoms with Crippen molar-refractivity contribution in [2.45, 2.75) is 13.0 Å². The van der Waals surface area contributed by atoms with Gasteiger partial charge in [0.15, 0.2) is 9.84 Å². The van der Waals surface area contributed by atoms with Crippen molar-refractivity contribution in [1.29, 1.82) is 0 Å². The van der Waals surface area contributed by atoms with Crippen LogP contribution in [0.5, 0.6) is 0 Å². The van der Waals surface area contributed by atoms with E-state index in [1.165, 1.54) is 6.07 Å². The van der Waals surface area contributed by atoms with E-state index in [2.05, 4.69) is 15.9 Å². The van der Waals surface area contributed by atoms with Gasteiger partial charge in [-0.15, -0.1) is 0 Å². The van der Waals surface area contributed by atoms with Crippen LogP contribution in [-0.2, 0) is 9.84 Å². The first kappa shape index (κ1) is 14.3. The molecule has 1 aliphatic heterocycles. The van der Waals surface area contributed by atoms with E-state index in [1.807, 2.05) is 4.90 Å². The predicted molar refractivity (Wildman–Crippen MR) is 76.6 cm³/mol. The van der Waals surface area contributed by atoms with E-state index in [4.69, 9.17) is 0 Å². The molecule has 7 heteroatoms. The lowest BCUT2D eigenvalue weighted by Crippen LogP contribution is -2.47. The molecule has 1 aromatic carbocycles. The molecule has 1 heterocycles. The molecule has 0 radical (unpaired) electrons. The van der Waals surface area contributed by atoms with E-state index < -0.39 is 15.8 Å². The van der Waals surface area contributed by atoms with Crippen LogP contribution >= 0.6 is 15.9 Å². The number of hydrogen-bond donors (Lipinski definition) is 1. The molecule has 1 unspecified atom stereocenters. The summed E-state index contributed by atoms with van der Waals surface area (Å²) in [7, 11) is -3.02. The third-order valence-electron chi connectivity index (χ3n) is 3.17. The highest BCUT2D eigenvalue weighted by Crippen LogP contribution is 2.29. The van der Waals surface area contributed by atoms with Gasteiger partial charge in [0, 0.05) is 17.1 Å². The molecule has 1 fully saturated rings. The van der Waals surface area contributed by atoms with Crippen molar-refractivity contribution in [3.05, 3.63) is 28.2 Å². The van der Waals surface area contributed by atoms with Gasteiger partial charge in [0.1, 0.15) is 0 Å². The Labute approximate surface area is 120 Å². The van der Waals surface area contributed by atoms with Gasteiger partial charge in [-0.25, -0.2) is 13.2 Å². The van der Waals surface area contributed by atoms with Crippen molar-refractivity contribution < 1.29 is 18.3 Å². The van der Waals surface area contributed by atoms with Crippen molar-refractivity contribution >= 4 is 37.4 Å². The Balaban J connectivity index is 2.42. The molecule has 19 heavy (non-hydrogen) atoms. The molecule has 1 N–H and O–H groups in total. The minimum absolute atomic E-state index is 0.0541. The van der Waals surface area contributed by atoms with Crippen molar-refractivity contribution in [2.75, 3.05) is 23.0 Å². The molecule has 0 saturated carbocycles. The number of aromatic carboxylic acids is 1. The number of anilines is 1. The Morgan fingerprint density at radius 3 is 2.74 bits per heavy atom. The molecule has 1 aromatic rings. The highest BCUT2D eigenvalue weighted by molar-refractivity contribution is 9.10. The second kappa shape index (κ2) is 5.13. The van der Waals surface area contributed by atoms with E-state index in [1.54, 1.807) is 19.1 Å². The van der Waals surface area contributed by atoms with Gasteiger partial charge in [-0.05, 0) is 25.1 Å². The first-order valence-corrected chi connectivity index (χ1v) is 8.41. The van der Waals surface area contributed by atoms with Crippen LogP contribution in [-0.4, -0.2) is 43.6 Å². The normalized spacial score (nSPS) is 22.2. The number of nitrogens with zero attached hydrogens (tertiary/aromatic N) is 1. The van der Waals surface area contributed by atoms with Gasteiger partial charge in [-0.3, -0.25) is 0 Å². The molecule has 0 aromatic heterocycles. The average molecular weight is 348 g/mol. The van der Waals surface area contributed by atoms with Gasteiger partial charge >= 0.3 is 5.97 Å². The first-order valence-electron chi connectivity index (χ1n) is 5.80. The van der Waals surface area contributed by atoms with E-state index in [-0.39, 0.29) is 23.1 Å². The van der Waals surface area contributed by atoms with E-state index in [0.29, 0.717) is 12.2 Å². The largest absolute Gasteiger partial charge is 0.478 e. The molecule has 0 bridgehead atoms. The van der Waals surface area contributed by atoms with Gasteiger partial charge in [0.25, 0.3) is 0 Å². The fourth-order valence-electron chi connectivity index (χ4n) is 2.28. The molecule has 5 nitrogen and oxygen atoms in total. The fraction of sp³-hybridized carbons (Fsp3) is 0.417. The second-order valence-corrected chi connectivity index (χ2v) is 7.77. The summed E-state index contributed by atoms with van der Waals surface area (Å²) in [6.07, 6.45) is 0. The van der Waals surface area contributed by atoms with Crippen LogP contribution in [0, 0.1) is 0 Å². The van der Waals surface area contributed by atoms with Crippen LogP contribution in [0.15, 0.2) is 22.7 Å². The number of hydrogen-bond acceptors (Lipinski definition) is 4. The summed E-state index contributed by atoms with van der Waals surface area (Å²) in [6.45, 7) is 2.11. The molecule has 1 atom stereocenters. The van der Waals surface area contributed by atoms with Crippen LogP contribution in [0.25, 0.3) is 0 Å². The van der Waals surface area contributed by atoms with Crippen LogP contribution in [0.1, 0.15) is 17.3 Å². The third kappa shape index (κ3) is 3.09. The fourth-order valence-corrected chi connectivity index (χ4v) is 4.19. The zero-order chi connectivity index (χ0) is 14.2. The first-order chi connectivity index (χ1) is 8.80. The standard InChI is InChI=1S/C12H14BrNO4S/c1-8-7-19(17,18)5-4-14(8)11-6-9(13)2-3-10(11)12(15)16/h2-3,6,8H,4-5,7H2,1H3,(H,15,16). The van der Waals surface area contributed by atoms with E-state index in [0.717, 1.165) is 4.47 Å². The number of carbonyl (C=O) groups is 1. The number of carboxylic acid groups (broad SMARTS) is 1. The Hall–Kier alpha value is -1.08. The maximum absolute atomic E-state index is 11.6. The topological polar surface area (TPSA) is 74.7 Å². The van der Waals surface area contributed by atoms with E-state index >= 15 is 0 Å². The van der Waals surface area contributed by atoms with Crippen LogP contribution in [0.3, 0.4) is 0 Å². The third-order valence-corrected chi connectivity index (χ3v) is 5.46. The highest BCUT2D eigenvalue weighted by Gasteiger charge is 2.30. The molecule has 1 saturated heterocycles. The maximum atomic E-state index is 11.6. The molecule has 0 spiro atoms. The second-order valence-electron chi connectivity index (χ2n) is 4.62. The lowest BCUT2D eigenvalue weighted by Gasteiger charge is -2.36. The monoisotopic (exact) mass is 347 g/mol. The highest BCUT2D eigenvalue weighted by atomic mass is 79.9. The van der Waals surface area contributed by atoms with E-state index in [9.17, 15) is 18.3 Å². The van der Waals surface area contributed by atoms with Gasteiger partial charge in [-0.1, -0.05) is 15.9 Å². The number of benzene rings is 1. The Bertz CT molecular complexity index is 614. The summed E-state index contributed by atoms with van der Waals surface area (Å²) < 4.78 is 23.9. The summed E-state index contributed by atoms with van der Waals surface area (Å²) in [5, 5.41) is 9.22. The van der Waals surface area contributed by atoms with Gasteiger partial charge < -0.3 is 10.0 Å². The zero-order valence-electron chi connectivity index (χ0n) is 10.3. The quantitative estimate of drug-likeness (QED) is 0.882. The summed E-state index contributed by atoms with van der Waals surface area (Å²) in [6, 6.07) is 4.68. The summed E-state index contributed by atoms with van der Waals surface area (Å²) >= 11 is 3.32. The summed E-state index contributed by atoms with van der Waals surface area (Å²) in [5.74, 6) is -0.898. The molecule has 1 aliphatic rings. The number of rotatable bonds is 2. The molecule has 0 amide bonds.